The van der Waals surface area contributed by atoms with Gasteiger partial charge in [-0.2, -0.15) is 0 Å². The molecule has 1 amide bonds. The Hall–Kier alpha value is -1.43. The summed E-state index contributed by atoms with van der Waals surface area (Å²) >= 11 is 0. The van der Waals surface area contributed by atoms with Crippen LogP contribution < -0.4 is 5.32 Å². The molecular weight excluding hydrogens is 594 g/mol. The van der Waals surface area contributed by atoms with Gasteiger partial charge < -0.3 is 20.6 Å². The zero-order valence-corrected chi connectivity index (χ0v) is 31.9. The Morgan fingerprint density at radius 3 is 1.27 bits per heavy atom. The van der Waals surface area contributed by atoms with Crippen molar-refractivity contribution in [3.63, 3.8) is 0 Å². The third-order valence-electron chi connectivity index (χ3n) is 9.44. The van der Waals surface area contributed by atoms with E-state index in [9.17, 15) is 20.1 Å². The predicted molar refractivity (Wildman–Crippen MR) is 208 cm³/mol. The van der Waals surface area contributed by atoms with Crippen LogP contribution >= 0.6 is 0 Å². The number of allylic oxidation sites excluding steroid dienone is 6. The van der Waals surface area contributed by atoms with Gasteiger partial charge in [0.05, 0.1) is 18.8 Å². The first kappa shape index (κ1) is 46.6. The summed E-state index contributed by atoms with van der Waals surface area (Å²) in [6.07, 6.45) is 46.7. The van der Waals surface area contributed by atoms with Crippen LogP contribution in [0, 0.1) is 0 Å². The zero-order valence-electron chi connectivity index (χ0n) is 31.9. The topological polar surface area (TPSA) is 89.8 Å². The van der Waals surface area contributed by atoms with Gasteiger partial charge in [0.1, 0.15) is 6.10 Å². The quantitative estimate of drug-likeness (QED) is 0.0390. The second-order valence-corrected chi connectivity index (χ2v) is 14.2. The summed E-state index contributed by atoms with van der Waals surface area (Å²) in [7, 11) is 0. The van der Waals surface area contributed by atoms with Crippen LogP contribution in [0.3, 0.4) is 0 Å². The largest absolute Gasteiger partial charge is 0.394 e. The van der Waals surface area contributed by atoms with Crippen molar-refractivity contribution in [1.82, 2.24) is 5.32 Å². The number of unbranched alkanes of at least 4 members (excludes halogenated alkanes) is 23. The van der Waals surface area contributed by atoms with Crippen LogP contribution in [0.25, 0.3) is 0 Å². The van der Waals surface area contributed by atoms with Gasteiger partial charge in [-0.25, -0.2) is 0 Å². The van der Waals surface area contributed by atoms with Crippen molar-refractivity contribution < 1.29 is 20.1 Å². The molecule has 0 aliphatic heterocycles. The number of carbonyl (C=O) groups excluding carboxylic acids is 1. The van der Waals surface area contributed by atoms with Gasteiger partial charge in [-0.15, -0.1) is 0 Å². The highest BCUT2D eigenvalue weighted by Crippen LogP contribution is 2.14. The molecule has 0 bridgehead atoms. The van der Waals surface area contributed by atoms with Gasteiger partial charge in [0.2, 0.25) is 5.91 Å². The normalized spacial score (nSPS) is 14.0. The number of rotatable bonds is 37. The Morgan fingerprint density at radius 2 is 0.854 bits per heavy atom. The van der Waals surface area contributed by atoms with Crippen molar-refractivity contribution in [1.29, 1.82) is 0 Å². The molecule has 0 aromatic carbocycles. The Balaban J connectivity index is 3.73. The highest BCUT2D eigenvalue weighted by molar-refractivity contribution is 5.76. The van der Waals surface area contributed by atoms with Gasteiger partial charge in [0, 0.05) is 6.42 Å². The summed E-state index contributed by atoms with van der Waals surface area (Å²) in [4.78, 5) is 12.4. The fourth-order valence-corrected chi connectivity index (χ4v) is 6.17. The van der Waals surface area contributed by atoms with Crippen LogP contribution in [0.4, 0.5) is 0 Å². The molecular formula is C43H81NO4. The summed E-state index contributed by atoms with van der Waals surface area (Å²) in [5.41, 5.74) is 0. The van der Waals surface area contributed by atoms with E-state index in [4.69, 9.17) is 0 Å². The molecule has 48 heavy (non-hydrogen) atoms. The van der Waals surface area contributed by atoms with Gasteiger partial charge in [-0.1, -0.05) is 159 Å². The van der Waals surface area contributed by atoms with Crippen molar-refractivity contribution >= 4 is 5.91 Å². The van der Waals surface area contributed by atoms with Gasteiger partial charge in [0.25, 0.3) is 0 Å². The molecule has 5 nitrogen and oxygen atoms in total. The second kappa shape index (κ2) is 38.4. The average Bonchev–Trinajstić information content (AvgIpc) is 3.09. The molecule has 0 aliphatic carbocycles. The van der Waals surface area contributed by atoms with E-state index in [0.29, 0.717) is 12.8 Å². The van der Waals surface area contributed by atoms with Crippen LogP contribution in [-0.2, 0) is 4.79 Å². The van der Waals surface area contributed by atoms with Crippen molar-refractivity contribution in [2.45, 2.75) is 225 Å². The first-order chi connectivity index (χ1) is 23.6. The third-order valence-corrected chi connectivity index (χ3v) is 9.44. The molecule has 0 fully saturated rings. The lowest BCUT2D eigenvalue weighted by atomic mass is 10.0. The van der Waals surface area contributed by atoms with E-state index in [0.717, 1.165) is 44.9 Å². The van der Waals surface area contributed by atoms with E-state index in [2.05, 4.69) is 55.6 Å². The van der Waals surface area contributed by atoms with Crippen LogP contribution in [-0.4, -0.2) is 46.1 Å². The number of hydrogen-bond donors (Lipinski definition) is 4. The molecule has 0 saturated heterocycles. The van der Waals surface area contributed by atoms with E-state index in [1.165, 1.54) is 135 Å². The number of carbonyl (C=O) groups is 1. The third kappa shape index (κ3) is 33.1. The molecule has 0 rings (SSSR count). The highest BCUT2D eigenvalue weighted by Gasteiger charge is 2.26. The number of hydrogen-bond acceptors (Lipinski definition) is 4. The Labute approximate surface area is 298 Å². The summed E-state index contributed by atoms with van der Waals surface area (Å²) in [6.45, 7) is 4.15. The van der Waals surface area contributed by atoms with E-state index in [1.54, 1.807) is 0 Å². The summed E-state index contributed by atoms with van der Waals surface area (Å²) in [5.74, 6) is -0.164. The lowest BCUT2D eigenvalue weighted by molar-refractivity contribution is -0.124. The maximum absolute atomic E-state index is 12.4. The van der Waals surface area contributed by atoms with Crippen molar-refractivity contribution in [3.8, 4) is 0 Å². The van der Waals surface area contributed by atoms with E-state index in [-0.39, 0.29) is 12.5 Å². The number of nitrogens with one attached hydrogen (secondary N) is 1. The summed E-state index contributed by atoms with van der Waals surface area (Å²) in [6, 6.07) is -0.833. The first-order valence-electron chi connectivity index (χ1n) is 20.8. The molecule has 0 aromatic heterocycles. The molecule has 4 N–H and O–H groups in total. The van der Waals surface area contributed by atoms with E-state index < -0.39 is 18.2 Å². The Morgan fingerprint density at radius 1 is 0.500 bits per heavy atom. The molecule has 0 spiro atoms. The van der Waals surface area contributed by atoms with Crippen LogP contribution in [0.5, 0.6) is 0 Å². The molecule has 0 radical (unpaired) electrons. The highest BCUT2D eigenvalue weighted by atomic mass is 16.3. The molecule has 282 valence electrons. The van der Waals surface area contributed by atoms with Gasteiger partial charge in [-0.05, 0) is 77.0 Å². The molecule has 3 atom stereocenters. The molecule has 0 saturated carbocycles. The number of amides is 1. The zero-order chi connectivity index (χ0) is 35.2. The predicted octanol–water partition coefficient (Wildman–Crippen LogP) is 11.6. The van der Waals surface area contributed by atoms with Crippen LogP contribution in [0.1, 0.15) is 206 Å². The summed E-state index contributed by atoms with van der Waals surface area (Å²) in [5, 5.41) is 33.4. The van der Waals surface area contributed by atoms with Crippen LogP contribution in [0.2, 0.25) is 0 Å². The van der Waals surface area contributed by atoms with Crippen molar-refractivity contribution in [2.75, 3.05) is 6.61 Å². The number of aliphatic hydroxyl groups excluding tert-OH is 3. The molecule has 0 aromatic rings. The van der Waals surface area contributed by atoms with Gasteiger partial charge in [0.15, 0.2) is 0 Å². The smallest absolute Gasteiger partial charge is 0.220 e. The standard InChI is InChI=1S/C43H81NO4/c1-3-5-7-9-11-13-15-17-19-21-23-25-27-29-31-33-35-37-41(46)43(48)40(39-45)44-42(47)38-36-34-32-30-28-26-24-22-20-18-16-14-12-10-8-6-4-2/h18,20-21,23,29,31,40-41,43,45-46,48H,3-17,19,22,24-28,30,32-39H2,1-2H3,(H,44,47)/b20-18-,23-21+,31-29+. The maximum Gasteiger partial charge on any atom is 0.220 e. The van der Waals surface area contributed by atoms with E-state index >= 15 is 0 Å². The number of aliphatic hydroxyl groups is 3. The Kier molecular flexibility index (Phi) is 37.2. The lowest BCUT2D eigenvalue weighted by Crippen LogP contribution is -2.50. The first-order valence-corrected chi connectivity index (χ1v) is 20.8. The second-order valence-electron chi connectivity index (χ2n) is 14.2. The van der Waals surface area contributed by atoms with Crippen LogP contribution in [0.15, 0.2) is 36.5 Å². The fraction of sp³-hybridized carbons (Fsp3) is 0.837. The molecule has 0 aliphatic rings. The molecule has 0 heterocycles. The van der Waals surface area contributed by atoms with Gasteiger partial charge >= 0.3 is 0 Å². The lowest BCUT2D eigenvalue weighted by Gasteiger charge is -2.26. The molecule has 3 unspecified atom stereocenters. The van der Waals surface area contributed by atoms with Crippen molar-refractivity contribution in [3.05, 3.63) is 36.5 Å². The van der Waals surface area contributed by atoms with Crippen molar-refractivity contribution in [2.24, 2.45) is 0 Å². The minimum Gasteiger partial charge on any atom is -0.394 e. The summed E-state index contributed by atoms with van der Waals surface area (Å²) < 4.78 is 0. The minimum absolute atomic E-state index is 0.164. The fourth-order valence-electron chi connectivity index (χ4n) is 6.17. The van der Waals surface area contributed by atoms with Gasteiger partial charge in [-0.3, -0.25) is 4.79 Å². The minimum atomic E-state index is -1.17. The SMILES string of the molecule is CCCCCCCC/C=C\CCCCCCCCCC(=O)NC(CO)C(O)C(O)CCC/C=C/CC/C=C/CCCCCCCCCC. The maximum atomic E-state index is 12.4. The molecule has 5 heteroatoms. The monoisotopic (exact) mass is 676 g/mol. The Bertz CT molecular complexity index is 749. The average molecular weight is 676 g/mol. The van der Waals surface area contributed by atoms with E-state index in [1.807, 2.05) is 0 Å².